The number of hydrogen-bond acceptors (Lipinski definition) is 5. The van der Waals surface area contributed by atoms with Crippen molar-refractivity contribution in [2.24, 2.45) is 17.8 Å². The standard InChI is InChI=1S/C30H55NO5/c1-6-8-9-10-11-12-13-14-15-16-17-18-25(35-30(34)27(31-22-32)19-23(3)4)21-28-26(29(33)36-28)20-24(5)7-2/h22-28H,6-21H2,1-5H3,(H,31,32)/t24?,25-,26-,27+,28-/m0/s1. The Morgan fingerprint density at radius 1 is 0.944 bits per heavy atom. The molecule has 1 aliphatic heterocycles. The molecule has 1 saturated heterocycles. The number of amides is 1. The van der Waals surface area contributed by atoms with Crippen LogP contribution in [0.2, 0.25) is 0 Å². The van der Waals surface area contributed by atoms with E-state index in [-0.39, 0.29) is 36.0 Å². The molecule has 1 aliphatic rings. The van der Waals surface area contributed by atoms with Gasteiger partial charge < -0.3 is 14.8 Å². The molecular formula is C30H55NO5. The zero-order chi connectivity index (χ0) is 26.8. The number of carbonyl (C=O) groups excluding carboxylic acids is 3. The zero-order valence-electron chi connectivity index (χ0n) is 23.9. The first-order valence-electron chi connectivity index (χ1n) is 14.9. The number of esters is 2. The largest absolute Gasteiger partial charge is 0.461 e. The average molecular weight is 510 g/mol. The van der Waals surface area contributed by atoms with Gasteiger partial charge in [0.05, 0.1) is 5.92 Å². The lowest BCUT2D eigenvalue weighted by molar-refractivity contribution is -0.191. The van der Waals surface area contributed by atoms with Crippen LogP contribution < -0.4 is 5.32 Å². The Kier molecular flexibility index (Phi) is 17.6. The number of hydrogen-bond donors (Lipinski definition) is 1. The van der Waals surface area contributed by atoms with Crippen LogP contribution in [0.5, 0.6) is 0 Å². The monoisotopic (exact) mass is 509 g/mol. The van der Waals surface area contributed by atoms with Gasteiger partial charge >= 0.3 is 11.9 Å². The number of carbonyl (C=O) groups is 3. The lowest BCUT2D eigenvalue weighted by atomic mass is 9.83. The second-order valence-electron chi connectivity index (χ2n) is 11.4. The number of rotatable bonds is 23. The maximum atomic E-state index is 12.9. The van der Waals surface area contributed by atoms with Gasteiger partial charge in [-0.05, 0) is 37.5 Å². The third kappa shape index (κ3) is 13.6. The Morgan fingerprint density at radius 2 is 1.53 bits per heavy atom. The lowest BCUT2D eigenvalue weighted by Crippen LogP contribution is -2.48. The number of cyclic esters (lactones) is 1. The molecule has 0 aromatic heterocycles. The molecule has 210 valence electrons. The van der Waals surface area contributed by atoms with Crippen LogP contribution in [0.3, 0.4) is 0 Å². The van der Waals surface area contributed by atoms with E-state index in [1.165, 1.54) is 57.8 Å². The van der Waals surface area contributed by atoms with Gasteiger partial charge in [-0.25, -0.2) is 4.79 Å². The minimum absolute atomic E-state index is 0.0990. The Labute approximate surface area is 221 Å². The predicted octanol–water partition coefficient (Wildman–Crippen LogP) is 7.13. The molecule has 6 heteroatoms. The van der Waals surface area contributed by atoms with Gasteiger partial charge in [0.15, 0.2) is 0 Å². The van der Waals surface area contributed by atoms with E-state index in [1.807, 2.05) is 13.8 Å². The second-order valence-corrected chi connectivity index (χ2v) is 11.4. The first-order valence-corrected chi connectivity index (χ1v) is 14.9. The number of unbranched alkanes of at least 4 members (excludes halogenated alkanes) is 10. The summed E-state index contributed by atoms with van der Waals surface area (Å²) >= 11 is 0. The van der Waals surface area contributed by atoms with Gasteiger partial charge in [0.25, 0.3) is 0 Å². The lowest BCUT2D eigenvalue weighted by Gasteiger charge is -2.38. The molecule has 6 nitrogen and oxygen atoms in total. The minimum atomic E-state index is -0.637. The summed E-state index contributed by atoms with van der Waals surface area (Å²) in [4.78, 5) is 36.0. The van der Waals surface area contributed by atoms with Gasteiger partial charge in [-0.1, -0.05) is 105 Å². The summed E-state index contributed by atoms with van der Waals surface area (Å²) < 4.78 is 11.4. The molecule has 1 amide bonds. The molecule has 0 aromatic rings. The highest BCUT2D eigenvalue weighted by Gasteiger charge is 2.44. The van der Waals surface area contributed by atoms with Gasteiger partial charge in [-0.15, -0.1) is 0 Å². The molecular weight excluding hydrogens is 454 g/mol. The molecule has 0 bridgehead atoms. The molecule has 1 heterocycles. The van der Waals surface area contributed by atoms with E-state index in [1.54, 1.807) is 0 Å². The first-order chi connectivity index (χ1) is 17.3. The number of ether oxygens (including phenoxy) is 2. The van der Waals surface area contributed by atoms with E-state index in [0.717, 1.165) is 32.1 Å². The SMILES string of the molecule is CCCCCCCCCCCCC[C@@H](C[C@@H]1OC(=O)[C@H]1CC(C)CC)OC(=O)[C@@H](CC(C)C)NC=O. The fraction of sp³-hybridized carbons (Fsp3) is 0.900. The summed E-state index contributed by atoms with van der Waals surface area (Å²) in [5.41, 5.74) is 0. The molecule has 0 aromatic carbocycles. The van der Waals surface area contributed by atoms with Crippen LogP contribution in [-0.2, 0) is 23.9 Å². The topological polar surface area (TPSA) is 81.7 Å². The minimum Gasteiger partial charge on any atom is -0.461 e. The van der Waals surface area contributed by atoms with Crippen molar-refractivity contribution < 1.29 is 23.9 Å². The smallest absolute Gasteiger partial charge is 0.328 e. The molecule has 0 spiro atoms. The third-order valence-corrected chi connectivity index (χ3v) is 7.54. The van der Waals surface area contributed by atoms with Crippen molar-refractivity contribution in [3.05, 3.63) is 0 Å². The maximum Gasteiger partial charge on any atom is 0.328 e. The molecule has 1 N–H and O–H groups in total. The molecule has 0 radical (unpaired) electrons. The molecule has 0 saturated carbocycles. The highest BCUT2D eigenvalue weighted by molar-refractivity contribution is 5.79. The van der Waals surface area contributed by atoms with Crippen LogP contribution >= 0.6 is 0 Å². The van der Waals surface area contributed by atoms with Crippen LogP contribution in [0.4, 0.5) is 0 Å². The van der Waals surface area contributed by atoms with E-state index in [4.69, 9.17) is 9.47 Å². The van der Waals surface area contributed by atoms with Crippen LogP contribution in [0.1, 0.15) is 137 Å². The quantitative estimate of drug-likeness (QED) is 0.0900. The zero-order valence-corrected chi connectivity index (χ0v) is 23.9. The maximum absolute atomic E-state index is 12.9. The Bertz CT molecular complexity index is 608. The van der Waals surface area contributed by atoms with E-state index in [0.29, 0.717) is 25.2 Å². The van der Waals surface area contributed by atoms with E-state index >= 15 is 0 Å². The van der Waals surface area contributed by atoms with Crippen LogP contribution in [0.25, 0.3) is 0 Å². The van der Waals surface area contributed by atoms with Crippen LogP contribution in [0.15, 0.2) is 0 Å². The summed E-state index contributed by atoms with van der Waals surface area (Å²) in [6.45, 7) is 10.6. The molecule has 0 aliphatic carbocycles. The second kappa shape index (κ2) is 19.5. The summed E-state index contributed by atoms with van der Waals surface area (Å²) in [6.07, 6.45) is 17.7. The van der Waals surface area contributed by atoms with Crippen LogP contribution in [0, 0.1) is 17.8 Å². The fourth-order valence-corrected chi connectivity index (χ4v) is 5.01. The third-order valence-electron chi connectivity index (χ3n) is 7.54. The van der Waals surface area contributed by atoms with Crippen LogP contribution in [-0.4, -0.2) is 36.6 Å². The molecule has 1 unspecified atom stereocenters. The summed E-state index contributed by atoms with van der Waals surface area (Å²) in [5, 5.41) is 2.62. The van der Waals surface area contributed by atoms with Gasteiger partial charge in [0, 0.05) is 6.42 Å². The highest BCUT2D eigenvalue weighted by Crippen LogP contribution is 2.34. The van der Waals surface area contributed by atoms with Crippen molar-refractivity contribution in [2.75, 3.05) is 0 Å². The normalized spacial score (nSPS) is 19.8. The van der Waals surface area contributed by atoms with E-state index < -0.39 is 6.04 Å². The first kappa shape index (κ1) is 32.4. The van der Waals surface area contributed by atoms with Gasteiger partial charge in [0.1, 0.15) is 18.2 Å². The van der Waals surface area contributed by atoms with E-state index in [9.17, 15) is 14.4 Å². The molecule has 1 fully saturated rings. The van der Waals surface area contributed by atoms with Crippen molar-refractivity contribution >= 4 is 18.3 Å². The Morgan fingerprint density at radius 3 is 2.03 bits per heavy atom. The average Bonchev–Trinajstić information content (AvgIpc) is 2.84. The fourth-order valence-electron chi connectivity index (χ4n) is 5.01. The van der Waals surface area contributed by atoms with Gasteiger partial charge in [-0.3, -0.25) is 9.59 Å². The van der Waals surface area contributed by atoms with Crippen molar-refractivity contribution in [1.82, 2.24) is 5.32 Å². The van der Waals surface area contributed by atoms with Crippen molar-refractivity contribution in [3.63, 3.8) is 0 Å². The number of nitrogens with one attached hydrogen (secondary N) is 1. The van der Waals surface area contributed by atoms with Crippen molar-refractivity contribution in [1.29, 1.82) is 0 Å². The summed E-state index contributed by atoms with van der Waals surface area (Å²) in [6, 6.07) is -0.637. The highest BCUT2D eigenvalue weighted by atomic mass is 16.6. The van der Waals surface area contributed by atoms with Gasteiger partial charge in [-0.2, -0.15) is 0 Å². The Balaban J connectivity index is 2.54. The predicted molar refractivity (Wildman–Crippen MR) is 145 cm³/mol. The molecule has 5 atom stereocenters. The summed E-state index contributed by atoms with van der Waals surface area (Å²) in [5.74, 6) is 0.115. The molecule has 1 rings (SSSR count). The van der Waals surface area contributed by atoms with E-state index in [2.05, 4.69) is 26.1 Å². The van der Waals surface area contributed by atoms with Crippen molar-refractivity contribution in [3.8, 4) is 0 Å². The molecule has 36 heavy (non-hydrogen) atoms. The Hall–Kier alpha value is -1.59. The van der Waals surface area contributed by atoms with Crippen molar-refractivity contribution in [2.45, 2.75) is 156 Å². The summed E-state index contributed by atoms with van der Waals surface area (Å²) in [7, 11) is 0. The van der Waals surface area contributed by atoms with Gasteiger partial charge in [0.2, 0.25) is 6.41 Å².